The molecule has 2 aliphatic heterocycles. The Balaban J connectivity index is 1.41. The summed E-state index contributed by atoms with van der Waals surface area (Å²) >= 11 is 0. The van der Waals surface area contributed by atoms with Crippen LogP contribution < -0.4 is 21.1 Å². The molecule has 4 heterocycles. The number of para-hydroxylation sites is 1. The zero-order valence-corrected chi connectivity index (χ0v) is 19.6. The maximum Gasteiger partial charge on any atom is 0.276 e. The van der Waals surface area contributed by atoms with Crippen molar-refractivity contribution in [2.75, 3.05) is 23.3 Å². The highest BCUT2D eigenvalue weighted by Crippen LogP contribution is 2.40. The second-order valence-electron chi connectivity index (χ2n) is 9.19. The summed E-state index contributed by atoms with van der Waals surface area (Å²) in [5.41, 5.74) is 1.54. The first kappa shape index (κ1) is 22.4. The molecule has 184 valence electrons. The van der Waals surface area contributed by atoms with Crippen LogP contribution >= 0.6 is 0 Å². The van der Waals surface area contributed by atoms with Crippen molar-refractivity contribution in [2.24, 2.45) is 7.05 Å². The van der Waals surface area contributed by atoms with Crippen LogP contribution in [0.5, 0.6) is 0 Å². The van der Waals surface area contributed by atoms with Gasteiger partial charge in [-0.3, -0.25) is 9.59 Å². The minimum absolute atomic E-state index is 0.162. The standard InChI is InChI=1S/C25H23F2N7O2/c1-13-29-22-20(32(13)2)8-6-18(24(22)33-12-14-10-15(33)11-28-14)30-25(36)19-7-9-21(35)34(31-19)23-16(26)4-3-5-17(23)27/h3-9,14-15,28H,10-12H2,1-2H3,(H,30,36)/t14-,15-/m0/s1. The van der Waals surface area contributed by atoms with Gasteiger partial charge in [-0.25, -0.2) is 13.8 Å². The summed E-state index contributed by atoms with van der Waals surface area (Å²) in [7, 11) is 1.94. The first-order valence-electron chi connectivity index (χ1n) is 11.6. The Bertz CT molecular complexity index is 1580. The summed E-state index contributed by atoms with van der Waals surface area (Å²) in [6.07, 6.45) is 1.01. The van der Waals surface area contributed by atoms with E-state index in [-0.39, 0.29) is 11.7 Å². The third kappa shape index (κ3) is 3.46. The fourth-order valence-corrected chi connectivity index (χ4v) is 5.16. The molecule has 2 N–H and O–H groups in total. The summed E-state index contributed by atoms with van der Waals surface area (Å²) < 4.78 is 31.2. The van der Waals surface area contributed by atoms with Crippen molar-refractivity contribution in [3.63, 3.8) is 0 Å². The lowest BCUT2D eigenvalue weighted by Crippen LogP contribution is -2.44. The van der Waals surface area contributed by atoms with E-state index >= 15 is 0 Å². The molecule has 11 heteroatoms. The zero-order chi connectivity index (χ0) is 25.1. The van der Waals surface area contributed by atoms with E-state index in [0.717, 1.165) is 60.3 Å². The van der Waals surface area contributed by atoms with Crippen LogP contribution in [0.15, 0.2) is 47.3 Å². The molecule has 9 nitrogen and oxygen atoms in total. The van der Waals surface area contributed by atoms with Gasteiger partial charge in [0.05, 0.1) is 16.9 Å². The number of halogens is 2. The molecule has 0 saturated carbocycles. The van der Waals surface area contributed by atoms with E-state index in [1.807, 2.05) is 30.7 Å². The Morgan fingerprint density at radius 2 is 1.89 bits per heavy atom. The maximum atomic E-state index is 14.3. The summed E-state index contributed by atoms with van der Waals surface area (Å²) in [5, 5.41) is 10.4. The zero-order valence-electron chi connectivity index (χ0n) is 19.6. The van der Waals surface area contributed by atoms with Crippen molar-refractivity contribution >= 4 is 28.3 Å². The van der Waals surface area contributed by atoms with Crippen LogP contribution in [0.3, 0.4) is 0 Å². The average Bonchev–Trinajstić information content (AvgIpc) is 3.55. The summed E-state index contributed by atoms with van der Waals surface area (Å²) in [4.78, 5) is 32.7. The van der Waals surface area contributed by atoms with Crippen LogP contribution in [0.1, 0.15) is 22.7 Å². The largest absolute Gasteiger partial charge is 0.362 e. The number of nitrogens with zero attached hydrogens (tertiary/aromatic N) is 5. The third-order valence-electron chi connectivity index (χ3n) is 7.02. The molecular formula is C25H23F2N7O2. The van der Waals surface area contributed by atoms with Crippen molar-refractivity contribution in [2.45, 2.75) is 25.4 Å². The summed E-state index contributed by atoms with van der Waals surface area (Å²) in [5.74, 6) is -1.69. The Morgan fingerprint density at radius 3 is 2.58 bits per heavy atom. The number of rotatable bonds is 4. The molecule has 2 aromatic carbocycles. The molecule has 4 aromatic rings. The number of aryl methyl sites for hydroxylation is 2. The average molecular weight is 492 g/mol. The fourth-order valence-electron chi connectivity index (χ4n) is 5.16. The molecule has 2 atom stereocenters. The van der Waals surface area contributed by atoms with Crippen LogP contribution in [0, 0.1) is 18.6 Å². The van der Waals surface area contributed by atoms with Crippen LogP contribution in [0.2, 0.25) is 0 Å². The molecule has 2 fully saturated rings. The number of hydrogen-bond donors (Lipinski definition) is 2. The predicted molar refractivity (Wildman–Crippen MR) is 131 cm³/mol. The van der Waals surface area contributed by atoms with E-state index in [2.05, 4.69) is 20.6 Å². The molecular weight excluding hydrogens is 468 g/mol. The number of imidazole rings is 1. The summed E-state index contributed by atoms with van der Waals surface area (Å²) in [6.45, 7) is 3.56. The van der Waals surface area contributed by atoms with Gasteiger partial charge in [-0.2, -0.15) is 9.78 Å². The molecule has 2 saturated heterocycles. The topological polar surface area (TPSA) is 97.1 Å². The molecule has 6 rings (SSSR count). The highest BCUT2D eigenvalue weighted by atomic mass is 19.1. The van der Waals surface area contributed by atoms with E-state index < -0.39 is 28.8 Å². The molecule has 2 aromatic heterocycles. The van der Waals surface area contributed by atoms with Gasteiger partial charge < -0.3 is 20.1 Å². The lowest BCUT2D eigenvalue weighted by Gasteiger charge is -2.31. The Hall–Kier alpha value is -4.12. The SMILES string of the molecule is Cc1nc2c(N3C[C@@H]4C[C@H]3CN4)c(NC(=O)c3ccc(=O)n(-c4c(F)cccc4F)n3)ccc2n1C. The lowest BCUT2D eigenvalue weighted by atomic mass is 10.1. The van der Waals surface area contributed by atoms with E-state index in [1.54, 1.807) is 0 Å². The maximum absolute atomic E-state index is 14.3. The Labute approximate surface area is 204 Å². The number of anilines is 2. The molecule has 0 radical (unpaired) electrons. The smallest absolute Gasteiger partial charge is 0.276 e. The molecule has 36 heavy (non-hydrogen) atoms. The van der Waals surface area contributed by atoms with Crippen molar-refractivity contribution in [1.29, 1.82) is 0 Å². The molecule has 0 aliphatic carbocycles. The molecule has 1 amide bonds. The van der Waals surface area contributed by atoms with E-state index in [1.165, 1.54) is 12.1 Å². The van der Waals surface area contributed by atoms with Gasteiger partial charge in [0.2, 0.25) is 0 Å². The number of nitrogens with one attached hydrogen (secondary N) is 2. The van der Waals surface area contributed by atoms with Gasteiger partial charge in [-0.1, -0.05) is 6.07 Å². The van der Waals surface area contributed by atoms with Crippen molar-refractivity contribution < 1.29 is 13.6 Å². The van der Waals surface area contributed by atoms with Crippen LogP contribution in [-0.2, 0) is 7.05 Å². The van der Waals surface area contributed by atoms with Gasteiger partial charge in [0.25, 0.3) is 11.5 Å². The number of hydrogen-bond acceptors (Lipinski definition) is 6. The number of benzene rings is 2. The highest BCUT2D eigenvalue weighted by Gasteiger charge is 2.39. The van der Waals surface area contributed by atoms with Gasteiger partial charge in [-0.05, 0) is 43.7 Å². The summed E-state index contributed by atoms with van der Waals surface area (Å²) in [6, 6.07) is 9.90. The predicted octanol–water partition coefficient (Wildman–Crippen LogP) is 2.51. The van der Waals surface area contributed by atoms with E-state index in [4.69, 9.17) is 4.98 Å². The normalized spacial score (nSPS) is 18.8. The first-order valence-corrected chi connectivity index (χ1v) is 11.6. The van der Waals surface area contributed by atoms with E-state index in [9.17, 15) is 18.4 Å². The van der Waals surface area contributed by atoms with Crippen LogP contribution in [0.25, 0.3) is 16.7 Å². The number of amides is 1. The monoisotopic (exact) mass is 491 g/mol. The quantitative estimate of drug-likeness (QED) is 0.456. The number of aromatic nitrogens is 4. The number of carbonyl (C=O) groups excluding carboxylic acids is 1. The van der Waals surface area contributed by atoms with Gasteiger partial charge in [0, 0.05) is 38.3 Å². The van der Waals surface area contributed by atoms with Crippen molar-refractivity contribution in [1.82, 2.24) is 24.6 Å². The number of piperazine rings is 1. The third-order valence-corrected chi connectivity index (χ3v) is 7.02. The van der Waals surface area contributed by atoms with Crippen LogP contribution in [0.4, 0.5) is 20.2 Å². The minimum atomic E-state index is -0.960. The van der Waals surface area contributed by atoms with Gasteiger partial charge in [0.1, 0.15) is 22.7 Å². The first-order chi connectivity index (χ1) is 17.3. The van der Waals surface area contributed by atoms with E-state index in [0.29, 0.717) is 16.4 Å². The van der Waals surface area contributed by atoms with Crippen molar-refractivity contribution in [3.8, 4) is 5.69 Å². The highest BCUT2D eigenvalue weighted by molar-refractivity contribution is 6.08. The van der Waals surface area contributed by atoms with Gasteiger partial charge >= 0.3 is 0 Å². The fraction of sp³-hybridized carbons (Fsp3) is 0.280. The lowest BCUT2D eigenvalue weighted by molar-refractivity contribution is 0.102. The molecule has 0 unspecified atom stereocenters. The second kappa shape index (κ2) is 8.23. The van der Waals surface area contributed by atoms with Crippen molar-refractivity contribution in [3.05, 3.63) is 76.0 Å². The second-order valence-corrected chi connectivity index (χ2v) is 9.19. The molecule has 0 spiro atoms. The number of fused-ring (bicyclic) bond motifs is 3. The number of carbonyl (C=O) groups is 1. The molecule has 2 aliphatic rings. The Kier molecular flexibility index (Phi) is 5.11. The minimum Gasteiger partial charge on any atom is -0.362 e. The molecule has 2 bridgehead atoms. The van der Waals surface area contributed by atoms with Gasteiger partial charge in [-0.15, -0.1) is 0 Å². The van der Waals surface area contributed by atoms with Gasteiger partial charge in [0.15, 0.2) is 11.6 Å². The Morgan fingerprint density at radius 1 is 1.11 bits per heavy atom. The van der Waals surface area contributed by atoms with Crippen LogP contribution in [-0.4, -0.2) is 50.4 Å².